The Morgan fingerprint density at radius 1 is 1.25 bits per heavy atom. The maximum absolute atomic E-state index is 12.2. The fraction of sp³-hybridized carbons (Fsp3) is 0.500. The van der Waals surface area contributed by atoms with Crippen molar-refractivity contribution in [2.45, 2.75) is 38.1 Å². The van der Waals surface area contributed by atoms with E-state index in [0.29, 0.717) is 17.3 Å². The summed E-state index contributed by atoms with van der Waals surface area (Å²) in [5.74, 6) is -0.781. The second-order valence-electron chi connectivity index (χ2n) is 6.69. The number of amides is 2. The van der Waals surface area contributed by atoms with E-state index in [1.807, 2.05) is 13.1 Å². The van der Waals surface area contributed by atoms with Crippen molar-refractivity contribution in [3.05, 3.63) is 29.8 Å². The first-order chi connectivity index (χ1) is 13.5. The smallest absolute Gasteiger partial charge is 0.316 e. The molecular weight excluding hydrogens is 378 g/mol. The first kappa shape index (κ1) is 21.8. The lowest BCUT2D eigenvalue weighted by Crippen LogP contribution is -2.39. The van der Waals surface area contributed by atoms with Gasteiger partial charge in [-0.05, 0) is 31.0 Å². The summed E-state index contributed by atoms with van der Waals surface area (Å²) < 4.78 is 4.93. The van der Waals surface area contributed by atoms with Crippen LogP contribution in [0.15, 0.2) is 24.3 Å². The minimum absolute atomic E-state index is 0.0137. The highest BCUT2D eigenvalue weighted by Crippen LogP contribution is 2.22. The van der Waals surface area contributed by atoms with Gasteiger partial charge in [-0.1, -0.05) is 25.3 Å². The Balaban J connectivity index is 1.63. The monoisotopic (exact) mass is 403 g/mol. The molecule has 1 aliphatic carbocycles. The number of nitriles is 1. The van der Waals surface area contributed by atoms with Crippen LogP contribution in [0.4, 0.5) is 5.69 Å². The zero-order valence-corrected chi connectivity index (χ0v) is 16.8. The number of anilines is 1. The van der Waals surface area contributed by atoms with Gasteiger partial charge in [0.2, 0.25) is 5.91 Å². The quantitative estimate of drug-likeness (QED) is 0.670. The summed E-state index contributed by atoms with van der Waals surface area (Å²) in [5.41, 5.74) is 0.889. The number of nitrogens with zero attached hydrogens (tertiary/aromatic N) is 2. The molecular formula is C20H25N3O4S. The van der Waals surface area contributed by atoms with Gasteiger partial charge in [-0.15, -0.1) is 11.8 Å². The standard InChI is InChI=1S/C20H25N3O4S/c1-23(17-8-3-2-4-9-17)19(25)13-28-14-20(26)27-12-18(24)22-16-7-5-6-15(10-16)11-21/h5-7,10,17H,2-4,8-9,12-14H2,1H3,(H,22,24). The van der Waals surface area contributed by atoms with Gasteiger partial charge >= 0.3 is 5.97 Å². The van der Waals surface area contributed by atoms with E-state index in [2.05, 4.69) is 5.32 Å². The van der Waals surface area contributed by atoms with Gasteiger partial charge in [-0.25, -0.2) is 0 Å². The van der Waals surface area contributed by atoms with Crippen LogP contribution in [0.1, 0.15) is 37.7 Å². The van der Waals surface area contributed by atoms with Crippen molar-refractivity contribution in [1.82, 2.24) is 4.90 Å². The number of benzene rings is 1. The third-order valence-electron chi connectivity index (χ3n) is 4.60. The maximum atomic E-state index is 12.2. The molecule has 0 radical (unpaired) electrons. The van der Waals surface area contributed by atoms with E-state index < -0.39 is 18.5 Å². The third-order valence-corrected chi connectivity index (χ3v) is 5.49. The first-order valence-corrected chi connectivity index (χ1v) is 10.4. The second kappa shape index (κ2) is 11.3. The molecule has 28 heavy (non-hydrogen) atoms. The van der Waals surface area contributed by atoms with Crippen molar-refractivity contribution in [3.8, 4) is 6.07 Å². The molecule has 1 aromatic rings. The fourth-order valence-corrected chi connectivity index (χ4v) is 3.78. The summed E-state index contributed by atoms with van der Waals surface area (Å²) in [7, 11) is 1.82. The molecule has 0 spiro atoms. The number of nitrogens with one attached hydrogen (secondary N) is 1. The molecule has 2 amide bonds. The Morgan fingerprint density at radius 2 is 2.00 bits per heavy atom. The molecule has 0 aromatic heterocycles. The molecule has 0 saturated heterocycles. The van der Waals surface area contributed by atoms with Crippen LogP contribution in [-0.2, 0) is 19.1 Å². The number of carbonyl (C=O) groups is 3. The lowest BCUT2D eigenvalue weighted by Gasteiger charge is -2.31. The van der Waals surface area contributed by atoms with E-state index in [1.54, 1.807) is 23.1 Å². The summed E-state index contributed by atoms with van der Waals surface area (Å²) in [6, 6.07) is 8.74. The Bertz CT molecular complexity index is 741. The van der Waals surface area contributed by atoms with Gasteiger partial charge < -0.3 is 15.0 Å². The Hall–Kier alpha value is -2.53. The van der Waals surface area contributed by atoms with E-state index in [4.69, 9.17) is 10.00 Å². The number of thioether (sulfide) groups is 1. The van der Waals surface area contributed by atoms with Crippen molar-refractivity contribution >= 4 is 35.2 Å². The molecule has 1 saturated carbocycles. The van der Waals surface area contributed by atoms with Crippen molar-refractivity contribution in [2.75, 3.05) is 30.5 Å². The summed E-state index contributed by atoms with van der Waals surface area (Å²) in [5, 5.41) is 11.4. The van der Waals surface area contributed by atoms with Gasteiger partial charge in [-0.2, -0.15) is 5.26 Å². The van der Waals surface area contributed by atoms with E-state index in [-0.39, 0.29) is 17.4 Å². The fourth-order valence-electron chi connectivity index (χ4n) is 3.05. The molecule has 1 N–H and O–H groups in total. The largest absolute Gasteiger partial charge is 0.455 e. The van der Waals surface area contributed by atoms with Crippen LogP contribution in [0.5, 0.6) is 0 Å². The lowest BCUT2D eigenvalue weighted by atomic mass is 9.94. The van der Waals surface area contributed by atoms with Crippen LogP contribution in [0.2, 0.25) is 0 Å². The predicted octanol–water partition coefficient (Wildman–Crippen LogP) is 2.56. The topological polar surface area (TPSA) is 99.5 Å². The highest BCUT2D eigenvalue weighted by atomic mass is 32.2. The highest BCUT2D eigenvalue weighted by Gasteiger charge is 2.22. The summed E-state index contributed by atoms with van der Waals surface area (Å²) in [6.45, 7) is -0.411. The highest BCUT2D eigenvalue weighted by molar-refractivity contribution is 8.00. The predicted molar refractivity (Wildman–Crippen MR) is 108 cm³/mol. The lowest BCUT2D eigenvalue weighted by molar-refractivity contribution is -0.144. The number of rotatable bonds is 8. The van der Waals surface area contributed by atoms with E-state index in [0.717, 1.165) is 25.7 Å². The van der Waals surface area contributed by atoms with Crippen LogP contribution >= 0.6 is 11.8 Å². The summed E-state index contributed by atoms with van der Waals surface area (Å²) in [6.07, 6.45) is 5.63. The zero-order chi connectivity index (χ0) is 20.4. The van der Waals surface area contributed by atoms with Crippen molar-refractivity contribution in [2.24, 2.45) is 0 Å². The minimum atomic E-state index is -0.543. The Kier molecular flexibility index (Phi) is 8.82. The first-order valence-electron chi connectivity index (χ1n) is 9.28. The molecule has 0 unspecified atom stereocenters. The third kappa shape index (κ3) is 7.24. The molecule has 0 bridgehead atoms. The molecule has 1 aromatic carbocycles. The van der Waals surface area contributed by atoms with Crippen molar-refractivity contribution < 1.29 is 19.1 Å². The van der Waals surface area contributed by atoms with Gasteiger partial charge in [-0.3, -0.25) is 14.4 Å². The molecule has 150 valence electrons. The number of hydrogen-bond acceptors (Lipinski definition) is 6. The molecule has 8 heteroatoms. The minimum Gasteiger partial charge on any atom is -0.455 e. The summed E-state index contributed by atoms with van der Waals surface area (Å²) >= 11 is 1.19. The van der Waals surface area contributed by atoms with Gasteiger partial charge in [0, 0.05) is 18.8 Å². The van der Waals surface area contributed by atoms with E-state index in [1.165, 1.54) is 24.2 Å². The normalized spacial score (nSPS) is 14.0. The molecule has 1 aliphatic rings. The molecule has 1 fully saturated rings. The van der Waals surface area contributed by atoms with Crippen LogP contribution in [-0.4, -0.2) is 53.9 Å². The Morgan fingerprint density at radius 3 is 2.71 bits per heavy atom. The van der Waals surface area contributed by atoms with Crippen LogP contribution in [0.3, 0.4) is 0 Å². The maximum Gasteiger partial charge on any atom is 0.316 e. The molecule has 2 rings (SSSR count). The van der Waals surface area contributed by atoms with Crippen LogP contribution in [0.25, 0.3) is 0 Å². The average molecular weight is 404 g/mol. The van der Waals surface area contributed by atoms with Gasteiger partial charge in [0.25, 0.3) is 5.91 Å². The van der Waals surface area contributed by atoms with Gasteiger partial charge in [0.15, 0.2) is 6.61 Å². The molecule has 7 nitrogen and oxygen atoms in total. The molecule has 0 aliphatic heterocycles. The summed E-state index contributed by atoms with van der Waals surface area (Å²) in [4.78, 5) is 37.6. The molecule has 0 atom stereocenters. The zero-order valence-electron chi connectivity index (χ0n) is 16.0. The number of carbonyl (C=O) groups excluding carboxylic acids is 3. The van der Waals surface area contributed by atoms with Crippen molar-refractivity contribution in [3.63, 3.8) is 0 Å². The molecule has 0 heterocycles. The van der Waals surface area contributed by atoms with Gasteiger partial charge in [0.1, 0.15) is 0 Å². The van der Waals surface area contributed by atoms with Crippen LogP contribution in [0, 0.1) is 11.3 Å². The second-order valence-corrected chi connectivity index (χ2v) is 7.68. The van der Waals surface area contributed by atoms with E-state index >= 15 is 0 Å². The number of hydrogen-bond donors (Lipinski definition) is 1. The number of esters is 1. The van der Waals surface area contributed by atoms with Crippen molar-refractivity contribution in [1.29, 1.82) is 5.26 Å². The average Bonchev–Trinajstić information content (AvgIpc) is 2.72. The van der Waals surface area contributed by atoms with E-state index in [9.17, 15) is 14.4 Å². The SMILES string of the molecule is CN(C(=O)CSCC(=O)OCC(=O)Nc1cccc(C#N)c1)C1CCCCC1. The number of ether oxygens (including phenoxy) is 1. The van der Waals surface area contributed by atoms with Gasteiger partial charge in [0.05, 0.1) is 23.1 Å². The van der Waals surface area contributed by atoms with Crippen LogP contribution < -0.4 is 5.32 Å². The Labute approximate surface area is 169 Å².